The fourth-order valence-corrected chi connectivity index (χ4v) is 3.77. The maximum atomic E-state index is 12.4. The van der Waals surface area contributed by atoms with Crippen molar-refractivity contribution in [2.24, 2.45) is 0 Å². The van der Waals surface area contributed by atoms with Gasteiger partial charge in [-0.15, -0.1) is 11.8 Å². The predicted molar refractivity (Wildman–Crippen MR) is 98.4 cm³/mol. The first-order valence-corrected chi connectivity index (χ1v) is 9.08. The van der Waals surface area contributed by atoms with Crippen molar-refractivity contribution in [3.8, 4) is 0 Å². The van der Waals surface area contributed by atoms with Gasteiger partial charge in [0.05, 0.1) is 11.3 Å². The van der Waals surface area contributed by atoms with E-state index in [2.05, 4.69) is 15.9 Å². The summed E-state index contributed by atoms with van der Waals surface area (Å²) in [5, 5.41) is 0. The van der Waals surface area contributed by atoms with Crippen LogP contribution in [0, 0.1) is 0 Å². The molecule has 2 N–H and O–H groups in total. The fraction of sp³-hybridized carbons (Fsp3) is 0.176. The lowest BCUT2D eigenvalue weighted by Crippen LogP contribution is -2.38. The Labute approximate surface area is 152 Å². The molecule has 24 heavy (non-hydrogen) atoms. The van der Waals surface area contributed by atoms with Crippen LogP contribution in [0.4, 0.5) is 11.4 Å². The van der Waals surface area contributed by atoms with E-state index >= 15 is 0 Å². The van der Waals surface area contributed by atoms with Crippen LogP contribution in [0.1, 0.15) is 10.4 Å². The smallest absolute Gasteiger partial charge is 0.340 e. The lowest BCUT2D eigenvalue weighted by molar-refractivity contribution is -0.121. The first kappa shape index (κ1) is 16.9. The maximum absolute atomic E-state index is 12.4. The summed E-state index contributed by atoms with van der Waals surface area (Å²) >= 11 is 5.00. The van der Waals surface area contributed by atoms with Crippen molar-refractivity contribution in [1.82, 2.24) is 0 Å². The summed E-state index contributed by atoms with van der Waals surface area (Å²) in [4.78, 5) is 27.3. The Hall–Kier alpha value is -1.99. The molecular formula is C17H15BrN2O3S. The Balaban J connectivity index is 1.68. The van der Waals surface area contributed by atoms with Crippen molar-refractivity contribution < 1.29 is 14.3 Å². The second kappa shape index (κ2) is 7.27. The molecule has 0 atom stereocenters. The molecule has 0 unspecified atom stereocenters. The SMILES string of the molecule is Nc1ccc(Br)cc1C(=O)OCC(=O)N1CCSc2ccccc21. The van der Waals surface area contributed by atoms with E-state index in [0.717, 1.165) is 20.8 Å². The van der Waals surface area contributed by atoms with Crippen molar-refractivity contribution in [3.63, 3.8) is 0 Å². The summed E-state index contributed by atoms with van der Waals surface area (Å²) in [7, 11) is 0. The largest absolute Gasteiger partial charge is 0.452 e. The van der Waals surface area contributed by atoms with Crippen LogP contribution in [0.15, 0.2) is 51.8 Å². The molecule has 0 aliphatic carbocycles. The standard InChI is InChI=1S/C17H15BrN2O3S/c18-11-5-6-13(19)12(9-11)17(22)23-10-16(21)20-7-8-24-15-4-2-1-3-14(15)20/h1-6,9H,7-8,10,19H2. The van der Waals surface area contributed by atoms with Crippen LogP contribution in [0.5, 0.6) is 0 Å². The molecule has 1 aliphatic rings. The van der Waals surface area contributed by atoms with E-state index in [0.29, 0.717) is 12.2 Å². The quantitative estimate of drug-likeness (QED) is 0.624. The lowest BCUT2D eigenvalue weighted by atomic mass is 10.2. The summed E-state index contributed by atoms with van der Waals surface area (Å²) in [5.74, 6) is -0.0403. The minimum Gasteiger partial charge on any atom is -0.452 e. The van der Waals surface area contributed by atoms with E-state index < -0.39 is 5.97 Å². The number of esters is 1. The maximum Gasteiger partial charge on any atom is 0.340 e. The number of fused-ring (bicyclic) bond motifs is 1. The Bertz CT molecular complexity index is 797. The molecule has 3 rings (SSSR count). The van der Waals surface area contributed by atoms with Crippen LogP contribution in [0.2, 0.25) is 0 Å². The third kappa shape index (κ3) is 3.57. The lowest BCUT2D eigenvalue weighted by Gasteiger charge is -2.28. The number of nitrogens with two attached hydrogens (primary N) is 1. The monoisotopic (exact) mass is 406 g/mol. The molecule has 5 nitrogen and oxygen atoms in total. The first-order valence-electron chi connectivity index (χ1n) is 7.30. The molecule has 1 heterocycles. The van der Waals surface area contributed by atoms with Crippen LogP contribution < -0.4 is 10.6 Å². The van der Waals surface area contributed by atoms with Crippen LogP contribution >= 0.6 is 27.7 Å². The Morgan fingerprint density at radius 3 is 2.88 bits per heavy atom. The third-order valence-electron chi connectivity index (χ3n) is 3.59. The number of rotatable bonds is 3. The number of hydrogen-bond acceptors (Lipinski definition) is 5. The zero-order valence-electron chi connectivity index (χ0n) is 12.7. The molecule has 7 heteroatoms. The number of anilines is 2. The molecule has 2 aromatic carbocycles. The zero-order valence-corrected chi connectivity index (χ0v) is 15.1. The Morgan fingerprint density at radius 1 is 1.25 bits per heavy atom. The van der Waals surface area contributed by atoms with Gasteiger partial charge in [-0.25, -0.2) is 4.79 Å². The number of ether oxygens (including phenoxy) is 1. The normalized spacial score (nSPS) is 13.3. The number of nitrogens with zero attached hydrogens (tertiary/aromatic N) is 1. The van der Waals surface area contributed by atoms with Gasteiger partial charge in [0.1, 0.15) is 0 Å². The zero-order chi connectivity index (χ0) is 17.1. The molecule has 1 aliphatic heterocycles. The minimum absolute atomic E-state index is 0.242. The number of amides is 1. The van der Waals surface area contributed by atoms with Crippen LogP contribution in [-0.4, -0.2) is 30.8 Å². The second-order valence-corrected chi connectivity index (χ2v) is 7.22. The summed E-state index contributed by atoms with van der Waals surface area (Å²) in [6.45, 7) is 0.279. The van der Waals surface area contributed by atoms with Crippen molar-refractivity contribution in [2.45, 2.75) is 4.90 Å². The van der Waals surface area contributed by atoms with E-state index in [1.54, 1.807) is 34.9 Å². The van der Waals surface area contributed by atoms with E-state index in [9.17, 15) is 9.59 Å². The molecular weight excluding hydrogens is 392 g/mol. The number of carbonyl (C=O) groups is 2. The molecule has 0 radical (unpaired) electrons. The number of halogens is 1. The highest BCUT2D eigenvalue weighted by Crippen LogP contribution is 2.34. The number of carbonyl (C=O) groups excluding carboxylic acids is 2. The average molecular weight is 407 g/mol. The molecule has 124 valence electrons. The summed E-state index contributed by atoms with van der Waals surface area (Å²) in [6.07, 6.45) is 0. The van der Waals surface area contributed by atoms with Gasteiger partial charge in [0.15, 0.2) is 6.61 Å². The van der Waals surface area contributed by atoms with Gasteiger partial charge in [0, 0.05) is 27.4 Å². The van der Waals surface area contributed by atoms with Crippen molar-refractivity contribution in [2.75, 3.05) is 29.5 Å². The highest BCUT2D eigenvalue weighted by Gasteiger charge is 2.24. The summed E-state index contributed by atoms with van der Waals surface area (Å²) < 4.78 is 5.88. The van der Waals surface area contributed by atoms with E-state index in [-0.39, 0.29) is 18.1 Å². The number of nitrogen functional groups attached to an aromatic ring is 1. The minimum atomic E-state index is -0.609. The predicted octanol–water partition coefficient (Wildman–Crippen LogP) is 3.33. The average Bonchev–Trinajstić information content (AvgIpc) is 2.61. The van der Waals surface area contributed by atoms with Crippen LogP contribution in [0.25, 0.3) is 0 Å². The van der Waals surface area contributed by atoms with Crippen molar-refractivity contribution in [1.29, 1.82) is 0 Å². The third-order valence-corrected chi connectivity index (χ3v) is 5.13. The summed E-state index contributed by atoms with van der Waals surface area (Å²) in [5.41, 5.74) is 7.20. The van der Waals surface area contributed by atoms with E-state index in [1.165, 1.54) is 0 Å². The van der Waals surface area contributed by atoms with E-state index in [4.69, 9.17) is 10.5 Å². The molecule has 0 spiro atoms. The number of hydrogen-bond donors (Lipinski definition) is 1. The number of benzene rings is 2. The van der Waals surface area contributed by atoms with Crippen molar-refractivity contribution >= 4 is 50.9 Å². The Kier molecular flexibility index (Phi) is 5.11. The summed E-state index contributed by atoms with van der Waals surface area (Å²) in [6, 6.07) is 12.6. The molecule has 2 aromatic rings. The molecule has 0 aromatic heterocycles. The molecule has 0 fully saturated rings. The van der Waals surface area contributed by atoms with Gasteiger partial charge in [-0.05, 0) is 30.3 Å². The first-order chi connectivity index (χ1) is 11.6. The van der Waals surface area contributed by atoms with Gasteiger partial charge < -0.3 is 15.4 Å². The van der Waals surface area contributed by atoms with E-state index in [1.807, 2.05) is 24.3 Å². The second-order valence-electron chi connectivity index (χ2n) is 5.17. The fourth-order valence-electron chi connectivity index (χ4n) is 2.42. The van der Waals surface area contributed by atoms with Crippen molar-refractivity contribution in [3.05, 3.63) is 52.5 Å². The molecule has 0 saturated carbocycles. The van der Waals surface area contributed by atoms with Gasteiger partial charge in [0.25, 0.3) is 5.91 Å². The van der Waals surface area contributed by atoms with Crippen LogP contribution in [0.3, 0.4) is 0 Å². The van der Waals surface area contributed by atoms with Gasteiger partial charge in [-0.3, -0.25) is 4.79 Å². The molecule has 0 bridgehead atoms. The van der Waals surface area contributed by atoms with Gasteiger partial charge in [-0.2, -0.15) is 0 Å². The molecule has 1 amide bonds. The Morgan fingerprint density at radius 2 is 2.04 bits per heavy atom. The van der Waals surface area contributed by atoms with Gasteiger partial charge >= 0.3 is 5.97 Å². The molecule has 0 saturated heterocycles. The highest BCUT2D eigenvalue weighted by atomic mass is 79.9. The van der Waals surface area contributed by atoms with Gasteiger partial charge in [-0.1, -0.05) is 28.1 Å². The van der Waals surface area contributed by atoms with Crippen LogP contribution in [-0.2, 0) is 9.53 Å². The topological polar surface area (TPSA) is 72.6 Å². The number of para-hydroxylation sites is 1. The van der Waals surface area contributed by atoms with Gasteiger partial charge in [0.2, 0.25) is 0 Å². The highest BCUT2D eigenvalue weighted by molar-refractivity contribution is 9.10. The number of thioether (sulfide) groups is 1.